The van der Waals surface area contributed by atoms with Crippen LogP contribution in [0.1, 0.15) is 27.9 Å². The van der Waals surface area contributed by atoms with E-state index in [4.69, 9.17) is 5.11 Å². The molecule has 0 radical (unpaired) electrons. The summed E-state index contributed by atoms with van der Waals surface area (Å²) < 4.78 is 37.4. The second-order valence-electron chi connectivity index (χ2n) is 6.73. The third kappa shape index (κ3) is 5.82. The van der Waals surface area contributed by atoms with Crippen molar-refractivity contribution < 1.29 is 22.7 Å². The molecule has 0 bridgehead atoms. The molecule has 0 spiro atoms. The number of aliphatic hydroxyl groups excluding tert-OH is 1. The third-order valence-corrected chi connectivity index (χ3v) is 4.97. The van der Waals surface area contributed by atoms with E-state index in [1.165, 1.54) is 12.1 Å². The zero-order valence-corrected chi connectivity index (χ0v) is 17.0. The molecule has 0 aliphatic carbocycles. The highest BCUT2D eigenvalue weighted by atomic mass is 32.2. The molecule has 158 valence electrons. The summed E-state index contributed by atoms with van der Waals surface area (Å²) in [6, 6.07) is 11.1. The molecule has 0 atom stereocenters. The number of carbonyl (C=O) groups excluding carboxylic acids is 1. The molecule has 2 aromatic carbocycles. The van der Waals surface area contributed by atoms with Gasteiger partial charge in [0, 0.05) is 29.6 Å². The molecule has 1 heterocycles. The topological polar surface area (TPSA) is 108 Å². The molecule has 30 heavy (non-hydrogen) atoms. The molecule has 3 N–H and O–H groups in total. The SMILES string of the molecule is O=C(c1cc(F)cc(CCCN[SH](=O)=O)c1)c1ccc2ncc(NCCO)cc2c1. The van der Waals surface area contributed by atoms with Gasteiger partial charge in [0.25, 0.3) is 0 Å². The fourth-order valence-corrected chi connectivity index (χ4v) is 3.47. The first-order valence-electron chi connectivity index (χ1n) is 9.43. The van der Waals surface area contributed by atoms with Crippen molar-refractivity contribution in [2.75, 3.05) is 25.0 Å². The second kappa shape index (κ2) is 10.2. The number of pyridine rings is 1. The Hall–Kier alpha value is -2.88. The minimum atomic E-state index is -2.66. The number of ketones is 1. The molecule has 0 saturated heterocycles. The first-order chi connectivity index (χ1) is 14.5. The lowest BCUT2D eigenvalue weighted by atomic mass is 9.98. The van der Waals surface area contributed by atoms with Gasteiger partial charge in [-0.05, 0) is 60.9 Å². The predicted octanol–water partition coefficient (Wildman–Crippen LogP) is 2.06. The first-order valence-corrected chi connectivity index (χ1v) is 10.6. The summed E-state index contributed by atoms with van der Waals surface area (Å²) in [7, 11) is -2.66. The van der Waals surface area contributed by atoms with Gasteiger partial charge in [-0.3, -0.25) is 9.78 Å². The fraction of sp³-hybridized carbons (Fsp3) is 0.238. The Morgan fingerprint density at radius 1 is 1.07 bits per heavy atom. The number of nitrogens with one attached hydrogen (secondary N) is 2. The molecule has 0 unspecified atom stereocenters. The van der Waals surface area contributed by atoms with Crippen LogP contribution in [0, 0.1) is 5.82 Å². The zero-order valence-electron chi connectivity index (χ0n) is 16.1. The van der Waals surface area contributed by atoms with Crippen LogP contribution in [-0.4, -0.2) is 44.0 Å². The molecular weight excluding hydrogens is 409 g/mol. The molecule has 1 aromatic heterocycles. The van der Waals surface area contributed by atoms with Crippen molar-refractivity contribution in [1.29, 1.82) is 0 Å². The van der Waals surface area contributed by atoms with Crippen LogP contribution in [0.15, 0.2) is 48.7 Å². The second-order valence-corrected chi connectivity index (χ2v) is 7.56. The van der Waals surface area contributed by atoms with Crippen LogP contribution < -0.4 is 10.0 Å². The Morgan fingerprint density at radius 3 is 2.67 bits per heavy atom. The van der Waals surface area contributed by atoms with Crippen LogP contribution >= 0.6 is 0 Å². The molecule has 0 aliphatic rings. The minimum Gasteiger partial charge on any atom is -0.395 e. The van der Waals surface area contributed by atoms with E-state index in [1.807, 2.05) is 6.07 Å². The van der Waals surface area contributed by atoms with E-state index in [-0.39, 0.29) is 24.5 Å². The van der Waals surface area contributed by atoms with Gasteiger partial charge < -0.3 is 10.4 Å². The van der Waals surface area contributed by atoms with Crippen molar-refractivity contribution in [1.82, 2.24) is 9.71 Å². The standard InChI is InChI=1S/C21H22FN3O4S/c22-18-9-14(2-1-5-25-30(28)29)8-17(11-18)21(27)15-3-4-20-16(10-15)12-19(13-24-20)23-6-7-26/h3-4,8-13,23,26,30H,1-2,5-7H2,(H,25,28,29). The summed E-state index contributed by atoms with van der Waals surface area (Å²) in [5, 5.41) is 12.7. The van der Waals surface area contributed by atoms with Crippen molar-refractivity contribution >= 4 is 33.3 Å². The van der Waals surface area contributed by atoms with Gasteiger partial charge in [-0.15, -0.1) is 0 Å². The van der Waals surface area contributed by atoms with Gasteiger partial charge in [0.1, 0.15) is 5.82 Å². The highest BCUT2D eigenvalue weighted by Crippen LogP contribution is 2.21. The van der Waals surface area contributed by atoms with Crippen LogP contribution in [0.25, 0.3) is 10.9 Å². The number of nitrogens with zero attached hydrogens (tertiary/aromatic N) is 1. The maximum atomic E-state index is 14.1. The van der Waals surface area contributed by atoms with Crippen molar-refractivity contribution in [3.05, 3.63) is 71.2 Å². The molecular formula is C21H22FN3O4S. The fourth-order valence-electron chi connectivity index (χ4n) is 3.13. The number of rotatable bonds is 10. The Balaban J connectivity index is 1.81. The van der Waals surface area contributed by atoms with E-state index in [0.717, 1.165) is 11.1 Å². The maximum Gasteiger partial charge on any atom is 0.201 e. The molecule has 3 aromatic rings. The smallest absolute Gasteiger partial charge is 0.201 e. The number of thiol groups is 1. The highest BCUT2D eigenvalue weighted by Gasteiger charge is 2.13. The summed E-state index contributed by atoms with van der Waals surface area (Å²) in [6.45, 7) is 0.630. The largest absolute Gasteiger partial charge is 0.395 e. The molecule has 0 aliphatic heterocycles. The maximum absolute atomic E-state index is 14.1. The molecule has 3 rings (SSSR count). The summed E-state index contributed by atoms with van der Waals surface area (Å²) >= 11 is 0. The molecule has 7 nitrogen and oxygen atoms in total. The highest BCUT2D eigenvalue weighted by molar-refractivity contribution is 7.70. The van der Waals surface area contributed by atoms with E-state index in [9.17, 15) is 17.6 Å². The Labute approximate surface area is 175 Å². The average molecular weight is 431 g/mol. The average Bonchev–Trinajstić information content (AvgIpc) is 2.73. The lowest BCUT2D eigenvalue weighted by Crippen LogP contribution is -2.13. The first kappa shape index (κ1) is 21.8. The number of aryl methyl sites for hydroxylation is 1. The van der Waals surface area contributed by atoms with Gasteiger partial charge in [-0.2, -0.15) is 0 Å². The molecule has 9 heteroatoms. The van der Waals surface area contributed by atoms with E-state index >= 15 is 0 Å². The van der Waals surface area contributed by atoms with Crippen LogP contribution in [0.2, 0.25) is 0 Å². The number of hydrogen-bond acceptors (Lipinski definition) is 6. The van der Waals surface area contributed by atoms with Gasteiger partial charge >= 0.3 is 0 Å². The Kier molecular flexibility index (Phi) is 7.45. The number of anilines is 1. The van der Waals surface area contributed by atoms with E-state index in [2.05, 4.69) is 15.0 Å². The van der Waals surface area contributed by atoms with Crippen molar-refractivity contribution in [3.63, 3.8) is 0 Å². The predicted molar refractivity (Wildman–Crippen MR) is 114 cm³/mol. The number of aromatic nitrogens is 1. The molecule has 0 fully saturated rings. The molecule has 0 amide bonds. The Morgan fingerprint density at radius 2 is 1.90 bits per heavy atom. The summed E-state index contributed by atoms with van der Waals surface area (Å²) in [4.78, 5) is 17.3. The lowest BCUT2D eigenvalue weighted by Gasteiger charge is -2.08. The zero-order chi connectivity index (χ0) is 21.5. The summed E-state index contributed by atoms with van der Waals surface area (Å²) in [6.07, 6.45) is 2.58. The Bertz CT molecular complexity index is 1130. The number of carbonyl (C=O) groups is 1. The van der Waals surface area contributed by atoms with E-state index in [1.54, 1.807) is 30.5 Å². The van der Waals surface area contributed by atoms with Crippen LogP contribution in [-0.2, 0) is 17.3 Å². The van der Waals surface area contributed by atoms with Crippen LogP contribution in [0.5, 0.6) is 0 Å². The van der Waals surface area contributed by atoms with Crippen molar-refractivity contribution in [2.24, 2.45) is 0 Å². The number of halogens is 1. The minimum absolute atomic E-state index is 0.0101. The van der Waals surface area contributed by atoms with Gasteiger partial charge in [-0.1, -0.05) is 0 Å². The van der Waals surface area contributed by atoms with Crippen LogP contribution in [0.4, 0.5) is 10.1 Å². The summed E-state index contributed by atoms with van der Waals surface area (Å²) in [5.41, 5.74) is 2.70. The van der Waals surface area contributed by atoms with Gasteiger partial charge in [0.05, 0.1) is 24.0 Å². The van der Waals surface area contributed by atoms with Crippen molar-refractivity contribution in [3.8, 4) is 0 Å². The summed E-state index contributed by atoms with van der Waals surface area (Å²) in [5.74, 6) is -0.830. The monoisotopic (exact) mass is 431 g/mol. The number of benzene rings is 2. The number of fused-ring (bicyclic) bond motifs is 1. The van der Waals surface area contributed by atoms with Crippen molar-refractivity contribution in [2.45, 2.75) is 12.8 Å². The normalized spacial score (nSPS) is 11.2. The quantitative estimate of drug-likeness (QED) is 0.222. The van der Waals surface area contributed by atoms with E-state index < -0.39 is 16.7 Å². The number of aliphatic hydroxyl groups is 1. The van der Waals surface area contributed by atoms with Gasteiger partial charge in [-0.25, -0.2) is 17.5 Å². The van der Waals surface area contributed by atoms with Crippen LogP contribution in [0.3, 0.4) is 0 Å². The van der Waals surface area contributed by atoms with E-state index in [0.29, 0.717) is 36.0 Å². The third-order valence-electron chi connectivity index (χ3n) is 4.49. The van der Waals surface area contributed by atoms with Gasteiger partial charge in [0.15, 0.2) is 5.78 Å². The molecule has 0 saturated carbocycles. The lowest BCUT2D eigenvalue weighted by molar-refractivity contribution is 0.103. The number of hydrogen-bond donors (Lipinski definition) is 4. The van der Waals surface area contributed by atoms with Gasteiger partial charge in [0.2, 0.25) is 10.9 Å².